The molecule has 0 fully saturated rings. The summed E-state index contributed by atoms with van der Waals surface area (Å²) >= 11 is 0. The average molecular weight is 349 g/mol. The highest BCUT2D eigenvalue weighted by molar-refractivity contribution is 5.78. The highest BCUT2D eigenvalue weighted by atomic mass is 19.4. The molecule has 0 aliphatic heterocycles. The van der Waals surface area contributed by atoms with Crippen LogP contribution in [-0.2, 0) is 29.4 Å². The molecular weight excluding hydrogens is 327 g/mol. The van der Waals surface area contributed by atoms with E-state index in [1.807, 2.05) is 24.3 Å². The lowest BCUT2D eigenvalue weighted by Crippen LogP contribution is -2.24. The first-order valence-electron chi connectivity index (χ1n) is 8.08. The van der Waals surface area contributed by atoms with Gasteiger partial charge in [0.25, 0.3) is 0 Å². The molecule has 134 valence electrons. The minimum absolute atomic E-state index is 0.0608. The van der Waals surface area contributed by atoms with E-state index in [-0.39, 0.29) is 17.7 Å². The second kappa shape index (κ2) is 7.30. The lowest BCUT2D eigenvalue weighted by molar-refractivity contribution is -0.137. The van der Waals surface area contributed by atoms with Crippen molar-refractivity contribution in [2.45, 2.75) is 45.3 Å². The van der Waals surface area contributed by atoms with Gasteiger partial charge in [0.2, 0.25) is 5.91 Å². The van der Waals surface area contributed by atoms with E-state index in [9.17, 15) is 18.0 Å². The van der Waals surface area contributed by atoms with Crippen molar-refractivity contribution in [1.82, 2.24) is 5.32 Å². The highest BCUT2D eigenvalue weighted by Gasteiger charge is 2.30. The Labute approximate surface area is 146 Å². The quantitative estimate of drug-likeness (QED) is 0.839. The van der Waals surface area contributed by atoms with Gasteiger partial charge in [-0.25, -0.2) is 0 Å². The summed E-state index contributed by atoms with van der Waals surface area (Å²) in [5.41, 5.74) is 1.81. The molecule has 0 radical (unpaired) electrons. The molecule has 0 saturated heterocycles. The molecule has 0 aliphatic rings. The number of alkyl halides is 3. The lowest BCUT2D eigenvalue weighted by Gasteiger charge is -2.19. The number of halogens is 3. The third-order valence-corrected chi connectivity index (χ3v) is 3.93. The Kier molecular flexibility index (Phi) is 5.55. The van der Waals surface area contributed by atoms with E-state index in [0.717, 1.165) is 17.7 Å². The lowest BCUT2D eigenvalue weighted by atomic mass is 9.87. The zero-order chi connectivity index (χ0) is 18.7. The molecule has 0 spiro atoms. The predicted molar refractivity (Wildman–Crippen MR) is 92.1 cm³/mol. The van der Waals surface area contributed by atoms with E-state index in [4.69, 9.17) is 0 Å². The molecule has 0 saturated carbocycles. The first-order chi connectivity index (χ1) is 11.6. The van der Waals surface area contributed by atoms with Gasteiger partial charge in [0.05, 0.1) is 12.0 Å². The summed E-state index contributed by atoms with van der Waals surface area (Å²) in [6, 6.07) is 12.8. The normalized spacial score (nSPS) is 12.1. The summed E-state index contributed by atoms with van der Waals surface area (Å²) in [5.74, 6) is -0.306. The third-order valence-electron chi connectivity index (χ3n) is 3.93. The Morgan fingerprint density at radius 2 is 1.56 bits per heavy atom. The average Bonchev–Trinajstić information content (AvgIpc) is 2.52. The van der Waals surface area contributed by atoms with Crippen molar-refractivity contribution < 1.29 is 18.0 Å². The largest absolute Gasteiger partial charge is 0.416 e. The van der Waals surface area contributed by atoms with Crippen molar-refractivity contribution in [3.63, 3.8) is 0 Å². The van der Waals surface area contributed by atoms with Gasteiger partial charge in [0.1, 0.15) is 0 Å². The maximum absolute atomic E-state index is 12.7. The Bertz CT molecular complexity index is 728. The molecule has 0 aromatic heterocycles. The Balaban J connectivity index is 1.93. The van der Waals surface area contributed by atoms with Crippen LogP contribution in [0.3, 0.4) is 0 Å². The van der Waals surface area contributed by atoms with Crippen LogP contribution in [-0.4, -0.2) is 5.91 Å². The predicted octanol–water partition coefficient (Wildman–Crippen LogP) is 4.86. The molecule has 5 heteroatoms. The van der Waals surface area contributed by atoms with Crippen molar-refractivity contribution in [3.8, 4) is 0 Å². The van der Waals surface area contributed by atoms with Crippen LogP contribution >= 0.6 is 0 Å². The van der Waals surface area contributed by atoms with Crippen molar-refractivity contribution >= 4 is 5.91 Å². The van der Waals surface area contributed by atoms with Crippen molar-refractivity contribution in [2.75, 3.05) is 0 Å². The van der Waals surface area contributed by atoms with Crippen LogP contribution < -0.4 is 5.32 Å². The Morgan fingerprint density at radius 1 is 0.920 bits per heavy atom. The van der Waals surface area contributed by atoms with E-state index in [1.165, 1.54) is 17.7 Å². The second-order valence-electron chi connectivity index (χ2n) is 7.10. The van der Waals surface area contributed by atoms with Crippen LogP contribution in [0.4, 0.5) is 13.2 Å². The van der Waals surface area contributed by atoms with Gasteiger partial charge >= 0.3 is 6.18 Å². The monoisotopic (exact) mass is 349 g/mol. The minimum Gasteiger partial charge on any atom is -0.352 e. The Hall–Kier alpha value is -2.30. The molecule has 0 heterocycles. The fraction of sp³-hybridized carbons (Fsp3) is 0.350. The number of hydrogen-bond acceptors (Lipinski definition) is 1. The molecule has 0 unspecified atom stereocenters. The Morgan fingerprint density at radius 3 is 2.12 bits per heavy atom. The van der Waals surface area contributed by atoms with Crippen LogP contribution in [0.25, 0.3) is 0 Å². The molecule has 0 bridgehead atoms. The van der Waals surface area contributed by atoms with Gasteiger partial charge in [-0.2, -0.15) is 13.2 Å². The zero-order valence-corrected chi connectivity index (χ0v) is 14.6. The molecule has 2 nitrogen and oxygen atoms in total. The van der Waals surface area contributed by atoms with Gasteiger partial charge in [-0.15, -0.1) is 0 Å². The fourth-order valence-corrected chi connectivity index (χ4v) is 2.43. The minimum atomic E-state index is -4.40. The van der Waals surface area contributed by atoms with E-state index >= 15 is 0 Å². The zero-order valence-electron chi connectivity index (χ0n) is 14.6. The summed E-state index contributed by atoms with van der Waals surface area (Å²) in [5, 5.41) is 2.74. The van der Waals surface area contributed by atoms with Gasteiger partial charge in [-0.1, -0.05) is 63.2 Å². The van der Waals surface area contributed by atoms with Gasteiger partial charge < -0.3 is 5.32 Å². The van der Waals surface area contributed by atoms with Crippen LogP contribution in [0.15, 0.2) is 48.5 Å². The first kappa shape index (κ1) is 19.0. The maximum atomic E-state index is 12.7. The summed E-state index contributed by atoms with van der Waals surface area (Å²) in [6.45, 7) is 6.72. The van der Waals surface area contributed by atoms with Gasteiger partial charge in [0.15, 0.2) is 0 Å². The second-order valence-corrected chi connectivity index (χ2v) is 7.10. The van der Waals surface area contributed by atoms with Gasteiger partial charge in [-0.3, -0.25) is 4.79 Å². The topological polar surface area (TPSA) is 29.1 Å². The number of carbonyl (C=O) groups excluding carboxylic acids is 1. The van der Waals surface area contributed by atoms with Crippen LogP contribution in [0.2, 0.25) is 0 Å². The number of amides is 1. The van der Waals surface area contributed by atoms with Crippen LogP contribution in [0, 0.1) is 0 Å². The third kappa shape index (κ3) is 5.62. The van der Waals surface area contributed by atoms with E-state index < -0.39 is 11.7 Å². The van der Waals surface area contributed by atoms with Crippen LogP contribution in [0.5, 0.6) is 0 Å². The highest BCUT2D eigenvalue weighted by Crippen LogP contribution is 2.29. The van der Waals surface area contributed by atoms with E-state index in [1.54, 1.807) is 0 Å². The fourth-order valence-electron chi connectivity index (χ4n) is 2.43. The molecule has 1 N–H and O–H groups in total. The number of carbonyl (C=O) groups is 1. The van der Waals surface area contributed by atoms with Gasteiger partial charge in [-0.05, 0) is 28.2 Å². The van der Waals surface area contributed by atoms with Crippen molar-refractivity contribution in [1.29, 1.82) is 0 Å². The van der Waals surface area contributed by atoms with E-state index in [2.05, 4.69) is 26.1 Å². The molecular formula is C20H22F3NO. The number of hydrogen-bond donors (Lipinski definition) is 1. The first-order valence-corrected chi connectivity index (χ1v) is 8.08. The molecule has 2 rings (SSSR count). The standard InChI is InChI=1S/C20H22F3NO/c1-19(2,3)16-9-7-14(8-10-16)13-24-18(25)12-15-5-4-6-17(11-15)20(21,22)23/h4-11H,12-13H2,1-3H3,(H,24,25). The summed E-state index contributed by atoms with van der Waals surface area (Å²) in [4.78, 5) is 12.0. The van der Waals surface area contributed by atoms with Crippen molar-refractivity contribution in [2.24, 2.45) is 0 Å². The van der Waals surface area contributed by atoms with Crippen LogP contribution in [0.1, 0.15) is 43.0 Å². The molecule has 2 aromatic carbocycles. The SMILES string of the molecule is CC(C)(C)c1ccc(CNC(=O)Cc2cccc(C(F)(F)F)c2)cc1. The van der Waals surface area contributed by atoms with E-state index in [0.29, 0.717) is 12.1 Å². The molecule has 0 atom stereocenters. The molecule has 2 aromatic rings. The number of rotatable bonds is 4. The maximum Gasteiger partial charge on any atom is 0.416 e. The summed E-state index contributed by atoms with van der Waals surface area (Å²) in [6.07, 6.45) is -4.48. The number of benzene rings is 2. The summed E-state index contributed by atoms with van der Waals surface area (Å²) < 4.78 is 38.1. The molecule has 0 aliphatic carbocycles. The number of nitrogens with one attached hydrogen (secondary N) is 1. The van der Waals surface area contributed by atoms with Crippen molar-refractivity contribution in [3.05, 3.63) is 70.8 Å². The summed E-state index contributed by atoms with van der Waals surface area (Å²) in [7, 11) is 0. The smallest absolute Gasteiger partial charge is 0.352 e. The molecule has 25 heavy (non-hydrogen) atoms. The molecule has 1 amide bonds. The van der Waals surface area contributed by atoms with Gasteiger partial charge in [0, 0.05) is 6.54 Å².